The molecule has 1 N–H and O–H groups in total. The molecule has 1 amide bonds. The number of nitrogens with zero attached hydrogens (tertiary/aromatic N) is 1. The fourth-order valence-electron chi connectivity index (χ4n) is 3.00. The summed E-state index contributed by atoms with van der Waals surface area (Å²) in [6, 6.07) is 5.25. The summed E-state index contributed by atoms with van der Waals surface area (Å²) in [4.78, 5) is 12.5. The Bertz CT molecular complexity index is 884. The number of carbonyl (C=O) groups is 1. The highest BCUT2D eigenvalue weighted by Crippen LogP contribution is 2.26. The Morgan fingerprint density at radius 3 is 2.79 bits per heavy atom. The van der Waals surface area contributed by atoms with Crippen LogP contribution in [0, 0.1) is 6.92 Å². The second kappa shape index (κ2) is 6.39. The van der Waals surface area contributed by atoms with E-state index in [2.05, 4.69) is 10.5 Å². The number of hydrogen-bond acceptors (Lipinski definition) is 5. The number of rotatable bonds is 4. The summed E-state index contributed by atoms with van der Waals surface area (Å²) in [5.74, 6) is 0.428. The van der Waals surface area contributed by atoms with Gasteiger partial charge in [0.1, 0.15) is 5.76 Å². The maximum absolute atomic E-state index is 12.5. The predicted molar refractivity (Wildman–Crippen MR) is 90.8 cm³/mol. The first-order chi connectivity index (χ1) is 11.3. The van der Waals surface area contributed by atoms with E-state index in [1.54, 1.807) is 25.1 Å². The third-order valence-corrected chi connectivity index (χ3v) is 5.11. The Balaban J connectivity index is 1.85. The van der Waals surface area contributed by atoms with E-state index in [0.717, 1.165) is 42.6 Å². The SMILES string of the molecule is Cc1c(CS(C)(=O)=O)cccc1NC(=O)c1noc2c1CCCC2. The van der Waals surface area contributed by atoms with Crippen LogP contribution >= 0.6 is 0 Å². The van der Waals surface area contributed by atoms with Crippen molar-refractivity contribution in [3.8, 4) is 0 Å². The van der Waals surface area contributed by atoms with Gasteiger partial charge >= 0.3 is 0 Å². The molecule has 1 aromatic heterocycles. The first-order valence-corrected chi connectivity index (χ1v) is 9.96. The zero-order chi connectivity index (χ0) is 17.3. The average molecular weight is 348 g/mol. The molecular weight excluding hydrogens is 328 g/mol. The highest BCUT2D eigenvalue weighted by atomic mass is 32.2. The molecule has 1 aromatic carbocycles. The van der Waals surface area contributed by atoms with E-state index in [4.69, 9.17) is 4.52 Å². The molecule has 3 rings (SSSR count). The van der Waals surface area contributed by atoms with Gasteiger partial charge in [0, 0.05) is 23.9 Å². The van der Waals surface area contributed by atoms with Gasteiger partial charge in [0.05, 0.1) is 5.75 Å². The molecule has 6 nitrogen and oxygen atoms in total. The van der Waals surface area contributed by atoms with Crippen molar-refractivity contribution in [3.63, 3.8) is 0 Å². The van der Waals surface area contributed by atoms with E-state index in [1.807, 2.05) is 0 Å². The Morgan fingerprint density at radius 1 is 1.29 bits per heavy atom. The van der Waals surface area contributed by atoms with Gasteiger partial charge in [0.25, 0.3) is 5.91 Å². The third-order valence-electron chi connectivity index (χ3n) is 4.28. The lowest BCUT2D eigenvalue weighted by atomic mass is 9.96. The van der Waals surface area contributed by atoms with Crippen molar-refractivity contribution in [1.82, 2.24) is 5.16 Å². The average Bonchev–Trinajstić information content (AvgIpc) is 2.94. The fourth-order valence-corrected chi connectivity index (χ4v) is 3.88. The van der Waals surface area contributed by atoms with Crippen molar-refractivity contribution < 1.29 is 17.7 Å². The minimum absolute atomic E-state index is 0.0537. The number of nitrogens with one attached hydrogen (secondary N) is 1. The minimum atomic E-state index is -3.14. The number of carbonyl (C=O) groups excluding carboxylic acids is 1. The number of hydrogen-bond donors (Lipinski definition) is 1. The Hall–Kier alpha value is -2.15. The van der Waals surface area contributed by atoms with Gasteiger partial charge in [-0.3, -0.25) is 4.79 Å². The lowest BCUT2D eigenvalue weighted by molar-refractivity contribution is 0.101. The summed E-state index contributed by atoms with van der Waals surface area (Å²) in [5, 5.41) is 6.76. The molecule has 0 radical (unpaired) electrons. The molecule has 0 bridgehead atoms. The van der Waals surface area contributed by atoms with Crippen LogP contribution in [0.15, 0.2) is 22.7 Å². The molecule has 1 heterocycles. The van der Waals surface area contributed by atoms with Crippen molar-refractivity contribution in [3.05, 3.63) is 46.3 Å². The summed E-state index contributed by atoms with van der Waals surface area (Å²) in [6.07, 6.45) is 4.89. The van der Waals surface area contributed by atoms with Crippen LogP contribution in [0.5, 0.6) is 0 Å². The molecule has 0 fully saturated rings. The van der Waals surface area contributed by atoms with Gasteiger partial charge in [-0.1, -0.05) is 17.3 Å². The van der Waals surface area contributed by atoms with Crippen molar-refractivity contribution in [2.45, 2.75) is 38.4 Å². The molecule has 0 atom stereocenters. The topological polar surface area (TPSA) is 89.3 Å². The fraction of sp³-hybridized carbons (Fsp3) is 0.412. The first-order valence-electron chi connectivity index (χ1n) is 7.90. The summed E-state index contributed by atoms with van der Waals surface area (Å²) in [5.41, 5.74) is 3.24. The van der Waals surface area contributed by atoms with Crippen LogP contribution in [-0.2, 0) is 28.4 Å². The van der Waals surface area contributed by atoms with Gasteiger partial charge in [-0.25, -0.2) is 8.42 Å². The van der Waals surface area contributed by atoms with Crippen LogP contribution in [0.4, 0.5) is 5.69 Å². The highest BCUT2D eigenvalue weighted by Gasteiger charge is 2.24. The van der Waals surface area contributed by atoms with Crippen LogP contribution in [-0.4, -0.2) is 25.7 Å². The van der Waals surface area contributed by atoms with Gasteiger partial charge in [-0.15, -0.1) is 0 Å². The number of amides is 1. The Kier molecular flexibility index (Phi) is 4.45. The zero-order valence-electron chi connectivity index (χ0n) is 13.8. The second-order valence-electron chi connectivity index (χ2n) is 6.25. The van der Waals surface area contributed by atoms with E-state index in [9.17, 15) is 13.2 Å². The van der Waals surface area contributed by atoms with Crippen LogP contribution in [0.25, 0.3) is 0 Å². The largest absolute Gasteiger partial charge is 0.360 e. The Morgan fingerprint density at radius 2 is 2.04 bits per heavy atom. The first kappa shape index (κ1) is 16.7. The molecular formula is C17H20N2O4S. The number of anilines is 1. The lowest BCUT2D eigenvalue weighted by Gasteiger charge is -2.12. The zero-order valence-corrected chi connectivity index (χ0v) is 14.6. The molecule has 0 saturated heterocycles. The summed E-state index contributed by atoms with van der Waals surface area (Å²) in [6.45, 7) is 1.80. The maximum Gasteiger partial charge on any atom is 0.278 e. The molecule has 24 heavy (non-hydrogen) atoms. The standard InChI is InChI=1S/C17H20N2O4S/c1-11-12(10-24(2,21)22)6-5-8-14(11)18-17(20)16-13-7-3-4-9-15(13)23-19-16/h5-6,8H,3-4,7,9-10H2,1-2H3,(H,18,20). The summed E-state index contributed by atoms with van der Waals surface area (Å²) < 4.78 is 28.3. The summed E-state index contributed by atoms with van der Waals surface area (Å²) in [7, 11) is -3.14. The number of fused-ring (bicyclic) bond motifs is 1. The second-order valence-corrected chi connectivity index (χ2v) is 8.39. The van der Waals surface area contributed by atoms with E-state index >= 15 is 0 Å². The van der Waals surface area contributed by atoms with E-state index in [1.165, 1.54) is 6.26 Å². The van der Waals surface area contributed by atoms with Gasteiger partial charge in [0.2, 0.25) is 0 Å². The normalized spacial score (nSPS) is 14.2. The van der Waals surface area contributed by atoms with Gasteiger partial charge < -0.3 is 9.84 Å². The monoisotopic (exact) mass is 348 g/mol. The molecule has 1 aliphatic carbocycles. The minimum Gasteiger partial charge on any atom is -0.360 e. The maximum atomic E-state index is 12.5. The number of sulfone groups is 1. The number of aryl methyl sites for hydroxylation is 1. The van der Waals surface area contributed by atoms with Crippen molar-refractivity contribution >= 4 is 21.4 Å². The molecule has 128 valence electrons. The smallest absolute Gasteiger partial charge is 0.278 e. The quantitative estimate of drug-likeness (QED) is 0.917. The van der Waals surface area contributed by atoms with Gasteiger partial charge in [0.15, 0.2) is 15.5 Å². The summed E-state index contributed by atoms with van der Waals surface area (Å²) >= 11 is 0. The van der Waals surface area contributed by atoms with Crippen LogP contribution in [0.2, 0.25) is 0 Å². The molecule has 0 unspecified atom stereocenters. The van der Waals surface area contributed by atoms with Gasteiger partial charge in [-0.2, -0.15) is 0 Å². The number of benzene rings is 1. The molecule has 0 spiro atoms. The van der Waals surface area contributed by atoms with Gasteiger partial charge in [-0.05, 0) is 43.4 Å². The lowest BCUT2D eigenvalue weighted by Crippen LogP contribution is -2.17. The van der Waals surface area contributed by atoms with Crippen LogP contribution < -0.4 is 5.32 Å². The molecule has 2 aromatic rings. The van der Waals surface area contributed by atoms with Crippen molar-refractivity contribution in [2.75, 3.05) is 11.6 Å². The molecule has 7 heteroatoms. The van der Waals surface area contributed by atoms with Crippen LogP contribution in [0.3, 0.4) is 0 Å². The van der Waals surface area contributed by atoms with Crippen molar-refractivity contribution in [2.24, 2.45) is 0 Å². The molecule has 1 aliphatic rings. The van der Waals surface area contributed by atoms with E-state index < -0.39 is 9.84 Å². The van der Waals surface area contributed by atoms with E-state index in [-0.39, 0.29) is 11.7 Å². The highest BCUT2D eigenvalue weighted by molar-refractivity contribution is 7.89. The molecule has 0 aliphatic heterocycles. The van der Waals surface area contributed by atoms with Crippen LogP contribution in [0.1, 0.15) is 45.8 Å². The van der Waals surface area contributed by atoms with Crippen molar-refractivity contribution in [1.29, 1.82) is 0 Å². The predicted octanol–water partition coefficient (Wildman–Crippen LogP) is 2.66. The molecule has 0 saturated carbocycles. The Labute approximate surface area is 141 Å². The third kappa shape index (κ3) is 3.51. The number of aromatic nitrogens is 1. The van der Waals surface area contributed by atoms with E-state index in [0.29, 0.717) is 16.9 Å².